The molecule has 0 aliphatic carbocycles. The van der Waals surface area contributed by atoms with Crippen LogP contribution in [0.15, 0.2) is 24.3 Å². The molecule has 0 aliphatic heterocycles. The number of anilines is 3. The number of nitrogens with two attached hydrogens (primary N) is 3. The normalized spacial score (nSPS) is 10.6. The van der Waals surface area contributed by atoms with Gasteiger partial charge in [-0.1, -0.05) is 0 Å². The Kier molecular flexibility index (Phi) is 1.64. The maximum atomic E-state index is 9.68. The fourth-order valence-corrected chi connectivity index (χ4v) is 1.44. The van der Waals surface area contributed by atoms with Crippen LogP contribution in [0, 0.1) is 0 Å². The molecule has 0 aliphatic rings. The molecule has 0 amide bonds. The third-order valence-electron chi connectivity index (χ3n) is 2.21. The van der Waals surface area contributed by atoms with Gasteiger partial charge in [0.1, 0.15) is 5.75 Å². The molecule has 0 saturated carbocycles. The van der Waals surface area contributed by atoms with Crippen LogP contribution in [0.4, 0.5) is 17.1 Å². The predicted octanol–water partition coefficient (Wildman–Crippen LogP) is 1.29. The van der Waals surface area contributed by atoms with Gasteiger partial charge >= 0.3 is 0 Å². The van der Waals surface area contributed by atoms with Crippen LogP contribution in [0.25, 0.3) is 10.8 Å². The first-order valence-corrected chi connectivity index (χ1v) is 4.16. The predicted molar refractivity (Wildman–Crippen MR) is 58.8 cm³/mol. The van der Waals surface area contributed by atoms with Crippen molar-refractivity contribution in [3.63, 3.8) is 0 Å². The summed E-state index contributed by atoms with van der Waals surface area (Å²) in [5.74, 6) is 0.0139. The molecule has 0 saturated heterocycles. The van der Waals surface area contributed by atoms with E-state index in [1.807, 2.05) is 0 Å². The van der Waals surface area contributed by atoms with E-state index in [1.165, 1.54) is 0 Å². The summed E-state index contributed by atoms with van der Waals surface area (Å²) in [6, 6.07) is 6.86. The van der Waals surface area contributed by atoms with Crippen LogP contribution >= 0.6 is 0 Å². The zero-order chi connectivity index (χ0) is 10.3. The van der Waals surface area contributed by atoms with E-state index in [0.29, 0.717) is 16.8 Å². The highest BCUT2D eigenvalue weighted by Gasteiger charge is 2.07. The zero-order valence-corrected chi connectivity index (χ0v) is 7.49. The molecule has 2 aromatic rings. The Balaban J connectivity index is 2.91. The fraction of sp³-hybridized carbons (Fsp3) is 0. The van der Waals surface area contributed by atoms with Crippen molar-refractivity contribution in [2.45, 2.75) is 0 Å². The van der Waals surface area contributed by atoms with Gasteiger partial charge in [0, 0.05) is 11.1 Å². The summed E-state index contributed by atoms with van der Waals surface area (Å²) < 4.78 is 0. The van der Waals surface area contributed by atoms with Crippen molar-refractivity contribution in [3.05, 3.63) is 24.3 Å². The molecule has 4 heteroatoms. The van der Waals surface area contributed by atoms with E-state index in [1.54, 1.807) is 24.3 Å². The lowest BCUT2D eigenvalue weighted by atomic mass is 10.1. The molecule has 0 radical (unpaired) electrons. The molecule has 2 rings (SSSR count). The molecule has 0 heterocycles. The van der Waals surface area contributed by atoms with Crippen LogP contribution in [-0.4, -0.2) is 5.11 Å². The highest BCUT2D eigenvalue weighted by atomic mass is 16.3. The average Bonchev–Trinajstić information content (AvgIpc) is 2.14. The van der Waals surface area contributed by atoms with Gasteiger partial charge in [-0.05, 0) is 29.7 Å². The molecule has 0 aromatic heterocycles. The second-order valence-electron chi connectivity index (χ2n) is 3.21. The zero-order valence-electron chi connectivity index (χ0n) is 7.49. The lowest BCUT2D eigenvalue weighted by Gasteiger charge is -2.07. The maximum Gasteiger partial charge on any atom is 0.148 e. The lowest BCUT2D eigenvalue weighted by Crippen LogP contribution is -1.95. The summed E-state index contributed by atoms with van der Waals surface area (Å²) in [7, 11) is 0. The Labute approximate surface area is 80.9 Å². The lowest BCUT2D eigenvalue weighted by molar-refractivity contribution is 0.484. The van der Waals surface area contributed by atoms with Gasteiger partial charge < -0.3 is 22.3 Å². The quantitative estimate of drug-likeness (QED) is 0.370. The molecule has 0 unspecified atom stereocenters. The molecular formula is C10H11N3O. The van der Waals surface area contributed by atoms with Crippen molar-refractivity contribution in [1.82, 2.24) is 0 Å². The second-order valence-corrected chi connectivity index (χ2v) is 3.21. The second kappa shape index (κ2) is 2.70. The van der Waals surface area contributed by atoms with E-state index >= 15 is 0 Å². The number of rotatable bonds is 0. The van der Waals surface area contributed by atoms with Crippen LogP contribution in [0.2, 0.25) is 0 Å². The van der Waals surface area contributed by atoms with E-state index < -0.39 is 0 Å². The number of fused-ring (bicyclic) bond motifs is 1. The summed E-state index contributed by atoms with van der Waals surface area (Å²) in [4.78, 5) is 0. The summed E-state index contributed by atoms with van der Waals surface area (Å²) >= 11 is 0. The Morgan fingerprint density at radius 1 is 1.00 bits per heavy atom. The Hall–Kier alpha value is -2.10. The highest BCUT2D eigenvalue weighted by Crippen LogP contribution is 2.35. The van der Waals surface area contributed by atoms with E-state index in [4.69, 9.17) is 17.2 Å². The average molecular weight is 189 g/mol. The smallest absolute Gasteiger partial charge is 0.148 e. The van der Waals surface area contributed by atoms with Gasteiger partial charge in [0.15, 0.2) is 0 Å². The summed E-state index contributed by atoms with van der Waals surface area (Å²) in [5, 5.41) is 11.1. The summed E-state index contributed by atoms with van der Waals surface area (Å²) in [6.45, 7) is 0. The van der Waals surface area contributed by atoms with E-state index in [9.17, 15) is 5.11 Å². The van der Waals surface area contributed by atoms with Gasteiger partial charge in [-0.3, -0.25) is 0 Å². The monoisotopic (exact) mass is 189 g/mol. The van der Waals surface area contributed by atoms with E-state index in [-0.39, 0.29) is 11.4 Å². The molecule has 0 fully saturated rings. The van der Waals surface area contributed by atoms with Crippen LogP contribution in [0.3, 0.4) is 0 Å². The number of hydrogen-bond acceptors (Lipinski definition) is 4. The van der Waals surface area contributed by atoms with Gasteiger partial charge in [0.05, 0.1) is 11.4 Å². The highest BCUT2D eigenvalue weighted by molar-refractivity contribution is 5.98. The fourth-order valence-electron chi connectivity index (χ4n) is 1.44. The molecule has 14 heavy (non-hydrogen) atoms. The van der Waals surface area contributed by atoms with Crippen LogP contribution in [-0.2, 0) is 0 Å². The molecule has 0 atom stereocenters. The van der Waals surface area contributed by atoms with Gasteiger partial charge in [-0.25, -0.2) is 0 Å². The molecule has 2 aromatic carbocycles. The van der Waals surface area contributed by atoms with Crippen LogP contribution < -0.4 is 17.2 Å². The Morgan fingerprint density at radius 3 is 2.43 bits per heavy atom. The number of nitrogen functional groups attached to an aromatic ring is 3. The maximum absolute atomic E-state index is 9.68. The van der Waals surface area contributed by atoms with Gasteiger partial charge in [-0.15, -0.1) is 0 Å². The van der Waals surface area contributed by atoms with Crippen molar-refractivity contribution in [2.75, 3.05) is 17.2 Å². The minimum Gasteiger partial charge on any atom is -0.505 e. The summed E-state index contributed by atoms with van der Waals surface area (Å²) in [6.07, 6.45) is 0. The number of hydrogen-bond donors (Lipinski definition) is 4. The van der Waals surface area contributed by atoms with Crippen molar-refractivity contribution >= 4 is 27.8 Å². The Morgan fingerprint density at radius 2 is 1.71 bits per heavy atom. The number of aromatic hydroxyl groups is 1. The van der Waals surface area contributed by atoms with Crippen molar-refractivity contribution in [1.29, 1.82) is 0 Å². The molecule has 4 nitrogen and oxygen atoms in total. The van der Waals surface area contributed by atoms with Crippen molar-refractivity contribution < 1.29 is 5.11 Å². The Bertz CT molecular complexity index is 508. The largest absolute Gasteiger partial charge is 0.505 e. The van der Waals surface area contributed by atoms with Crippen molar-refractivity contribution in [2.24, 2.45) is 0 Å². The van der Waals surface area contributed by atoms with Crippen LogP contribution in [0.1, 0.15) is 0 Å². The topological polar surface area (TPSA) is 98.3 Å². The third-order valence-corrected chi connectivity index (χ3v) is 2.21. The van der Waals surface area contributed by atoms with Crippen molar-refractivity contribution in [3.8, 4) is 5.75 Å². The van der Waals surface area contributed by atoms with Gasteiger partial charge in [0.25, 0.3) is 0 Å². The number of phenolic OH excluding ortho intramolecular Hbond substituents is 1. The van der Waals surface area contributed by atoms with Gasteiger partial charge in [0.2, 0.25) is 0 Å². The summed E-state index contributed by atoms with van der Waals surface area (Å²) in [5.41, 5.74) is 18.0. The molecular weight excluding hydrogens is 178 g/mol. The molecule has 0 bridgehead atoms. The molecule has 0 spiro atoms. The molecule has 72 valence electrons. The standard InChI is InChI=1S/C10H11N3O/c11-6-1-2-7-5(3-6)4-8(12)9(13)10(7)14/h1-4,14H,11-13H2. The number of benzene rings is 2. The number of phenols is 1. The van der Waals surface area contributed by atoms with E-state index in [0.717, 1.165) is 5.39 Å². The first-order valence-electron chi connectivity index (χ1n) is 4.16. The minimum atomic E-state index is 0.0139. The van der Waals surface area contributed by atoms with Crippen LogP contribution in [0.5, 0.6) is 5.75 Å². The third kappa shape index (κ3) is 1.08. The SMILES string of the molecule is Nc1ccc2c(O)c(N)c(N)cc2c1. The first kappa shape index (κ1) is 8.50. The first-order chi connectivity index (χ1) is 6.59. The minimum absolute atomic E-state index is 0.0139. The van der Waals surface area contributed by atoms with Gasteiger partial charge in [-0.2, -0.15) is 0 Å². The van der Waals surface area contributed by atoms with E-state index in [2.05, 4.69) is 0 Å². The molecule has 7 N–H and O–H groups in total.